The van der Waals surface area contributed by atoms with E-state index in [1.54, 1.807) is 0 Å². The van der Waals surface area contributed by atoms with Gasteiger partial charge in [0.15, 0.2) is 0 Å². The van der Waals surface area contributed by atoms with Crippen LogP contribution in [-0.2, 0) is 14.3 Å². The Morgan fingerprint density at radius 3 is 1.18 bits per heavy atom. The van der Waals surface area contributed by atoms with Gasteiger partial charge in [0, 0.05) is 12.8 Å². The van der Waals surface area contributed by atoms with Crippen LogP contribution in [0.1, 0.15) is 309 Å². The molecule has 0 aromatic rings. The molecule has 0 fully saturated rings. The van der Waals surface area contributed by atoms with Crippen molar-refractivity contribution in [3.63, 3.8) is 0 Å². The first-order valence-electron chi connectivity index (χ1n) is 29.2. The number of aliphatic hydroxyl groups excluding tert-OH is 2. The predicted octanol–water partition coefficient (Wildman–Crippen LogP) is 18.0. The summed E-state index contributed by atoms with van der Waals surface area (Å²) in [7, 11) is 0. The molecule has 1 amide bonds. The molecule has 0 heterocycles. The van der Waals surface area contributed by atoms with Crippen LogP contribution < -0.4 is 5.32 Å². The Hall–Kier alpha value is -1.92. The lowest BCUT2D eigenvalue weighted by atomic mass is 10.0. The van der Waals surface area contributed by atoms with Crippen LogP contribution in [0, 0.1) is 0 Å². The number of amides is 1. The molecule has 0 saturated carbocycles. The highest BCUT2D eigenvalue weighted by Gasteiger charge is 2.20. The number of allylic oxidation sites excluding steroid dienone is 6. The second kappa shape index (κ2) is 55.7. The SMILES string of the molecule is CCCCCC/C=C\C/C=C\CCCCCCCCCC(=O)OCCCCCCCCCCC/C=C\CCCCCCCC(=O)NC(CO)C(O)CCCCCCCCCCCCCCC. The molecule has 0 spiro atoms. The maximum Gasteiger partial charge on any atom is 0.305 e. The Kier molecular flexibility index (Phi) is 54.1. The molecule has 0 aromatic carbocycles. The first-order valence-corrected chi connectivity index (χ1v) is 29.2. The molecule has 66 heavy (non-hydrogen) atoms. The number of rotatable bonds is 54. The first-order chi connectivity index (χ1) is 32.5. The Bertz CT molecular complexity index is 1070. The quantitative estimate of drug-likeness (QED) is 0.0321. The van der Waals surface area contributed by atoms with Gasteiger partial charge >= 0.3 is 5.97 Å². The van der Waals surface area contributed by atoms with Gasteiger partial charge < -0.3 is 20.3 Å². The summed E-state index contributed by atoms with van der Waals surface area (Å²) in [5.41, 5.74) is 0. The lowest BCUT2D eigenvalue weighted by Gasteiger charge is -2.22. The van der Waals surface area contributed by atoms with Gasteiger partial charge in [-0.25, -0.2) is 0 Å². The van der Waals surface area contributed by atoms with Crippen molar-refractivity contribution >= 4 is 11.9 Å². The minimum atomic E-state index is -0.673. The Morgan fingerprint density at radius 1 is 0.424 bits per heavy atom. The van der Waals surface area contributed by atoms with Gasteiger partial charge in [0.2, 0.25) is 5.91 Å². The van der Waals surface area contributed by atoms with Crippen LogP contribution in [0.15, 0.2) is 36.5 Å². The van der Waals surface area contributed by atoms with Crippen molar-refractivity contribution < 1.29 is 24.5 Å². The molecule has 0 aliphatic rings. The third kappa shape index (κ3) is 51.5. The second-order valence-corrected chi connectivity index (χ2v) is 20.0. The standard InChI is InChI=1S/C60H113NO5/c1-3-5-7-9-11-13-15-17-18-19-23-26-30-34-38-42-46-50-54-60(65)66-55-51-47-43-39-35-31-27-24-21-20-22-25-29-33-37-41-45-49-53-59(64)61-57(56-62)58(63)52-48-44-40-36-32-28-16-14-12-10-8-6-4-2/h13,15,18-19,22,25,57-58,62-63H,3-12,14,16-17,20-21,23-24,26-56H2,1-2H3,(H,61,64)/b15-13-,19-18-,25-22-. The van der Waals surface area contributed by atoms with Gasteiger partial charge in [-0.3, -0.25) is 9.59 Å². The fraction of sp³-hybridized carbons (Fsp3) is 0.867. The van der Waals surface area contributed by atoms with Crippen LogP contribution in [0.2, 0.25) is 0 Å². The first kappa shape index (κ1) is 64.1. The van der Waals surface area contributed by atoms with Crippen molar-refractivity contribution in [3.05, 3.63) is 36.5 Å². The van der Waals surface area contributed by atoms with Gasteiger partial charge in [-0.15, -0.1) is 0 Å². The van der Waals surface area contributed by atoms with E-state index in [2.05, 4.69) is 55.6 Å². The summed E-state index contributed by atoms with van der Waals surface area (Å²) in [6.07, 6.45) is 68.5. The summed E-state index contributed by atoms with van der Waals surface area (Å²) < 4.78 is 5.48. The Balaban J connectivity index is 3.44. The van der Waals surface area contributed by atoms with Gasteiger partial charge in [0.05, 0.1) is 25.4 Å². The summed E-state index contributed by atoms with van der Waals surface area (Å²) in [5, 5.41) is 23.2. The number of hydrogen-bond donors (Lipinski definition) is 3. The van der Waals surface area contributed by atoms with Crippen molar-refractivity contribution in [1.29, 1.82) is 0 Å². The fourth-order valence-electron chi connectivity index (χ4n) is 8.90. The lowest BCUT2D eigenvalue weighted by molar-refractivity contribution is -0.143. The minimum Gasteiger partial charge on any atom is -0.466 e. The van der Waals surface area contributed by atoms with Crippen molar-refractivity contribution in [1.82, 2.24) is 5.32 Å². The zero-order chi connectivity index (χ0) is 47.9. The summed E-state index contributed by atoms with van der Waals surface area (Å²) in [4.78, 5) is 24.5. The third-order valence-electron chi connectivity index (χ3n) is 13.4. The molecule has 3 N–H and O–H groups in total. The monoisotopic (exact) mass is 928 g/mol. The van der Waals surface area contributed by atoms with Gasteiger partial charge in [-0.05, 0) is 83.5 Å². The van der Waals surface area contributed by atoms with E-state index in [0.717, 1.165) is 64.2 Å². The molecule has 0 bridgehead atoms. The smallest absolute Gasteiger partial charge is 0.305 e. The van der Waals surface area contributed by atoms with E-state index in [4.69, 9.17) is 4.74 Å². The highest BCUT2D eigenvalue weighted by Crippen LogP contribution is 2.16. The van der Waals surface area contributed by atoms with Crippen LogP contribution >= 0.6 is 0 Å². The highest BCUT2D eigenvalue weighted by atomic mass is 16.5. The molecule has 2 unspecified atom stereocenters. The lowest BCUT2D eigenvalue weighted by Crippen LogP contribution is -2.45. The van der Waals surface area contributed by atoms with Crippen molar-refractivity contribution in [2.75, 3.05) is 13.2 Å². The van der Waals surface area contributed by atoms with Crippen LogP contribution in [-0.4, -0.2) is 47.4 Å². The van der Waals surface area contributed by atoms with E-state index in [0.29, 0.717) is 25.9 Å². The number of unbranched alkanes of at least 4 members (excludes halogenated alkanes) is 37. The van der Waals surface area contributed by atoms with Gasteiger partial charge in [-0.2, -0.15) is 0 Å². The largest absolute Gasteiger partial charge is 0.466 e. The van der Waals surface area contributed by atoms with E-state index < -0.39 is 12.1 Å². The molecular weight excluding hydrogens is 815 g/mol. The molecule has 0 aliphatic carbocycles. The number of ether oxygens (including phenoxy) is 1. The van der Waals surface area contributed by atoms with E-state index in [9.17, 15) is 19.8 Å². The van der Waals surface area contributed by atoms with E-state index in [1.807, 2.05) is 0 Å². The van der Waals surface area contributed by atoms with Crippen LogP contribution in [0.25, 0.3) is 0 Å². The predicted molar refractivity (Wildman–Crippen MR) is 287 cm³/mol. The number of hydrogen-bond acceptors (Lipinski definition) is 5. The Morgan fingerprint density at radius 2 is 0.758 bits per heavy atom. The van der Waals surface area contributed by atoms with Crippen molar-refractivity contribution in [2.24, 2.45) is 0 Å². The van der Waals surface area contributed by atoms with Crippen molar-refractivity contribution in [3.8, 4) is 0 Å². The summed E-state index contributed by atoms with van der Waals surface area (Å²) in [6, 6.07) is -0.551. The van der Waals surface area contributed by atoms with Crippen molar-refractivity contribution in [2.45, 2.75) is 321 Å². The Labute approximate surface area is 411 Å². The normalized spacial score (nSPS) is 12.8. The molecule has 388 valence electrons. The summed E-state index contributed by atoms with van der Waals surface area (Å²) in [5.74, 6) is -0.0540. The number of aliphatic hydroxyl groups is 2. The van der Waals surface area contributed by atoms with Crippen LogP contribution in [0.4, 0.5) is 0 Å². The topological polar surface area (TPSA) is 95.9 Å². The average molecular weight is 929 g/mol. The summed E-state index contributed by atoms with van der Waals surface area (Å²) in [6.45, 7) is 4.92. The van der Waals surface area contributed by atoms with Gasteiger partial charge in [-0.1, -0.05) is 249 Å². The molecule has 0 aliphatic heterocycles. The number of esters is 1. The van der Waals surface area contributed by atoms with Gasteiger partial charge in [0.1, 0.15) is 0 Å². The molecule has 0 rings (SSSR count). The zero-order valence-corrected chi connectivity index (χ0v) is 44.2. The number of carbonyl (C=O) groups is 2. The third-order valence-corrected chi connectivity index (χ3v) is 13.4. The molecule has 2 atom stereocenters. The highest BCUT2D eigenvalue weighted by molar-refractivity contribution is 5.76. The van der Waals surface area contributed by atoms with Crippen LogP contribution in [0.3, 0.4) is 0 Å². The summed E-state index contributed by atoms with van der Waals surface area (Å²) >= 11 is 0. The maximum absolute atomic E-state index is 12.5. The zero-order valence-electron chi connectivity index (χ0n) is 44.2. The molecule has 0 aromatic heterocycles. The number of nitrogens with one attached hydrogen (secondary N) is 1. The molecular formula is C60H113NO5. The molecule has 0 radical (unpaired) electrons. The fourth-order valence-corrected chi connectivity index (χ4v) is 8.90. The van der Waals surface area contributed by atoms with E-state index >= 15 is 0 Å². The molecule has 6 heteroatoms. The van der Waals surface area contributed by atoms with Crippen LogP contribution in [0.5, 0.6) is 0 Å². The number of carbonyl (C=O) groups excluding carboxylic acids is 2. The maximum atomic E-state index is 12.5. The average Bonchev–Trinajstić information content (AvgIpc) is 3.32. The van der Waals surface area contributed by atoms with E-state index in [1.165, 1.54) is 212 Å². The minimum absolute atomic E-state index is 0.00448. The molecule has 0 saturated heterocycles. The second-order valence-electron chi connectivity index (χ2n) is 20.0. The van der Waals surface area contributed by atoms with E-state index in [-0.39, 0.29) is 18.5 Å². The molecule has 6 nitrogen and oxygen atoms in total. The van der Waals surface area contributed by atoms with Gasteiger partial charge in [0.25, 0.3) is 0 Å².